The van der Waals surface area contributed by atoms with Gasteiger partial charge in [-0.1, -0.05) is 19.1 Å². The number of anilines is 1. The number of aliphatic carboxylic acids is 1. The van der Waals surface area contributed by atoms with Crippen LogP contribution in [0, 0.1) is 0 Å². The molecule has 0 saturated heterocycles. The summed E-state index contributed by atoms with van der Waals surface area (Å²) in [5.74, 6) is -1.32. The van der Waals surface area contributed by atoms with Crippen LogP contribution in [0.15, 0.2) is 24.3 Å². The topological polar surface area (TPSA) is 81.3 Å². The van der Waals surface area contributed by atoms with Crippen molar-refractivity contribution in [3.8, 4) is 0 Å². The summed E-state index contributed by atoms with van der Waals surface area (Å²) in [6, 6.07) is 5.75. The average molecular weight is 235 g/mol. The smallest absolute Gasteiger partial charge is 0.319 e. The molecule has 2 amide bonds. The largest absolute Gasteiger partial charge is 0.548 e. The first kappa shape index (κ1) is 13.0. The number of carbonyl (C=O) groups excluding carboxylic acids is 2. The second-order valence-corrected chi connectivity index (χ2v) is 3.69. The van der Waals surface area contributed by atoms with Gasteiger partial charge in [0.1, 0.15) is 0 Å². The minimum atomic E-state index is -1.32. The molecule has 1 aromatic carbocycles. The van der Waals surface area contributed by atoms with E-state index < -0.39 is 18.0 Å². The number of amides is 2. The van der Waals surface area contributed by atoms with E-state index in [1.807, 2.05) is 19.1 Å². The number of urea groups is 1. The number of aryl methyl sites for hydroxylation is 1. The highest BCUT2D eigenvalue weighted by molar-refractivity contribution is 5.91. The van der Waals surface area contributed by atoms with Gasteiger partial charge in [0.2, 0.25) is 0 Å². The third-order valence-corrected chi connectivity index (χ3v) is 2.32. The van der Waals surface area contributed by atoms with Gasteiger partial charge in [0.25, 0.3) is 0 Å². The summed E-state index contributed by atoms with van der Waals surface area (Å²) in [7, 11) is 0. The second-order valence-electron chi connectivity index (χ2n) is 3.69. The number of carboxylic acids is 1. The third kappa shape index (κ3) is 4.14. The normalized spacial score (nSPS) is 11.6. The molecular formula is C12H15N2O3-. The molecule has 1 atom stereocenters. The van der Waals surface area contributed by atoms with Crippen LogP contribution in [0.25, 0.3) is 0 Å². The molecule has 92 valence electrons. The van der Waals surface area contributed by atoms with Crippen LogP contribution >= 0.6 is 0 Å². The van der Waals surface area contributed by atoms with Gasteiger partial charge < -0.3 is 20.5 Å². The van der Waals surface area contributed by atoms with Gasteiger partial charge >= 0.3 is 6.03 Å². The first-order valence-electron chi connectivity index (χ1n) is 5.40. The summed E-state index contributed by atoms with van der Waals surface area (Å²) < 4.78 is 0. The van der Waals surface area contributed by atoms with Crippen molar-refractivity contribution in [3.05, 3.63) is 29.8 Å². The lowest BCUT2D eigenvalue weighted by molar-refractivity contribution is -0.307. The predicted octanol–water partition coefficient (Wildman–Crippen LogP) is 0.509. The van der Waals surface area contributed by atoms with Crippen LogP contribution in [0.1, 0.15) is 19.4 Å². The Labute approximate surface area is 99.8 Å². The molecule has 0 radical (unpaired) electrons. The minimum absolute atomic E-state index is 0.564. The average Bonchev–Trinajstić information content (AvgIpc) is 2.29. The number of rotatable bonds is 4. The lowest BCUT2D eigenvalue weighted by Gasteiger charge is -2.15. The molecule has 17 heavy (non-hydrogen) atoms. The van der Waals surface area contributed by atoms with Gasteiger partial charge in [0, 0.05) is 5.69 Å². The van der Waals surface area contributed by atoms with Crippen molar-refractivity contribution in [1.29, 1.82) is 0 Å². The van der Waals surface area contributed by atoms with Crippen LogP contribution in [0.4, 0.5) is 10.5 Å². The van der Waals surface area contributed by atoms with E-state index in [0.29, 0.717) is 5.69 Å². The predicted molar refractivity (Wildman–Crippen MR) is 62.4 cm³/mol. The Morgan fingerprint density at radius 2 is 1.88 bits per heavy atom. The molecule has 0 aromatic heterocycles. The number of hydrogen-bond donors (Lipinski definition) is 2. The van der Waals surface area contributed by atoms with Gasteiger partial charge in [0.05, 0.1) is 12.0 Å². The zero-order valence-electron chi connectivity index (χ0n) is 9.82. The van der Waals surface area contributed by atoms with Gasteiger partial charge in [-0.25, -0.2) is 4.79 Å². The maximum Gasteiger partial charge on any atom is 0.319 e. The number of carboxylic acid groups (broad SMARTS) is 1. The van der Waals surface area contributed by atoms with Crippen LogP contribution < -0.4 is 15.7 Å². The first-order valence-corrected chi connectivity index (χ1v) is 5.40. The number of nitrogens with one attached hydrogen (secondary N) is 2. The fraction of sp³-hybridized carbons (Fsp3) is 0.333. The van der Waals surface area contributed by atoms with Crippen LogP contribution in [0.2, 0.25) is 0 Å². The van der Waals surface area contributed by atoms with Gasteiger partial charge in [-0.15, -0.1) is 0 Å². The summed E-state index contributed by atoms with van der Waals surface area (Å²) in [4.78, 5) is 21.8. The van der Waals surface area contributed by atoms with Crippen LogP contribution in [0.5, 0.6) is 0 Å². The van der Waals surface area contributed by atoms with Crippen molar-refractivity contribution in [1.82, 2.24) is 5.32 Å². The third-order valence-electron chi connectivity index (χ3n) is 2.32. The Morgan fingerprint density at radius 1 is 1.29 bits per heavy atom. The van der Waals surface area contributed by atoms with E-state index in [1.165, 1.54) is 12.5 Å². The van der Waals surface area contributed by atoms with Gasteiger partial charge in [-0.3, -0.25) is 0 Å². The Bertz CT molecular complexity index is 401. The van der Waals surface area contributed by atoms with Crippen LogP contribution in [-0.2, 0) is 11.2 Å². The lowest BCUT2D eigenvalue weighted by atomic mass is 10.1. The summed E-state index contributed by atoms with van der Waals surface area (Å²) in [5.41, 5.74) is 1.78. The van der Waals surface area contributed by atoms with E-state index in [4.69, 9.17) is 0 Å². The number of hydrogen-bond acceptors (Lipinski definition) is 3. The maximum absolute atomic E-state index is 11.4. The van der Waals surface area contributed by atoms with Crippen molar-refractivity contribution in [2.45, 2.75) is 26.3 Å². The zero-order valence-corrected chi connectivity index (χ0v) is 9.82. The van der Waals surface area contributed by atoms with Gasteiger partial charge in [-0.2, -0.15) is 0 Å². The number of benzene rings is 1. The molecule has 0 spiro atoms. The molecule has 1 rings (SSSR count). The molecule has 0 fully saturated rings. The van der Waals surface area contributed by atoms with E-state index in [9.17, 15) is 14.7 Å². The highest BCUT2D eigenvalue weighted by Gasteiger charge is 2.07. The molecule has 2 N–H and O–H groups in total. The summed E-state index contributed by atoms with van der Waals surface area (Å²) in [5, 5.41) is 15.2. The van der Waals surface area contributed by atoms with Crippen molar-refractivity contribution in [2.75, 3.05) is 5.32 Å². The molecule has 0 aliphatic rings. The molecule has 0 unspecified atom stereocenters. The summed E-state index contributed by atoms with van der Waals surface area (Å²) in [6.45, 7) is 3.38. The molecular weight excluding hydrogens is 220 g/mol. The van der Waals surface area contributed by atoms with E-state index in [0.717, 1.165) is 6.42 Å². The van der Waals surface area contributed by atoms with E-state index >= 15 is 0 Å². The molecule has 1 aromatic rings. The SMILES string of the molecule is CCc1ccc(NC(=O)N[C@@H](C)C(=O)[O-])cc1. The molecule has 5 nitrogen and oxygen atoms in total. The molecule has 5 heteroatoms. The van der Waals surface area contributed by atoms with E-state index in [1.54, 1.807) is 12.1 Å². The van der Waals surface area contributed by atoms with Gasteiger partial charge in [0.15, 0.2) is 0 Å². The van der Waals surface area contributed by atoms with Crippen molar-refractivity contribution in [2.24, 2.45) is 0 Å². The van der Waals surface area contributed by atoms with Gasteiger partial charge in [-0.05, 0) is 31.0 Å². The highest BCUT2D eigenvalue weighted by Crippen LogP contribution is 2.09. The Balaban J connectivity index is 2.53. The van der Waals surface area contributed by atoms with E-state index in [2.05, 4.69) is 10.6 Å². The van der Waals surface area contributed by atoms with Crippen molar-refractivity contribution < 1.29 is 14.7 Å². The molecule has 0 heterocycles. The fourth-order valence-electron chi connectivity index (χ4n) is 1.25. The molecule has 0 aliphatic heterocycles. The van der Waals surface area contributed by atoms with Crippen molar-refractivity contribution >= 4 is 17.7 Å². The zero-order chi connectivity index (χ0) is 12.8. The molecule has 0 saturated carbocycles. The Kier molecular flexibility index (Phi) is 4.51. The van der Waals surface area contributed by atoms with Crippen LogP contribution in [0.3, 0.4) is 0 Å². The highest BCUT2D eigenvalue weighted by atomic mass is 16.4. The van der Waals surface area contributed by atoms with Crippen LogP contribution in [-0.4, -0.2) is 18.0 Å². The Hall–Kier alpha value is -2.04. The van der Waals surface area contributed by atoms with Crippen molar-refractivity contribution in [3.63, 3.8) is 0 Å². The molecule has 0 aliphatic carbocycles. The monoisotopic (exact) mass is 235 g/mol. The fourth-order valence-corrected chi connectivity index (χ4v) is 1.25. The standard InChI is InChI=1S/C12H16N2O3/c1-3-9-4-6-10(7-5-9)14-12(17)13-8(2)11(15)16/h4-8H,3H2,1-2H3,(H,15,16)(H2,13,14,17)/p-1/t8-/m0/s1. The quantitative estimate of drug-likeness (QED) is 0.797. The summed E-state index contributed by atoms with van der Waals surface area (Å²) >= 11 is 0. The number of carbonyl (C=O) groups is 2. The second kappa shape index (κ2) is 5.89. The summed E-state index contributed by atoms with van der Waals surface area (Å²) in [6.07, 6.45) is 0.925. The lowest BCUT2D eigenvalue weighted by Crippen LogP contribution is -2.47. The maximum atomic E-state index is 11.4. The molecule has 0 bridgehead atoms. The van der Waals surface area contributed by atoms with E-state index in [-0.39, 0.29) is 0 Å². The minimum Gasteiger partial charge on any atom is -0.548 e. The Morgan fingerprint density at radius 3 is 2.35 bits per heavy atom. The first-order chi connectivity index (χ1) is 8.02.